The van der Waals surface area contributed by atoms with E-state index in [1.807, 2.05) is 36.4 Å². The van der Waals surface area contributed by atoms with Gasteiger partial charge in [0.05, 0.1) is 0 Å². The Kier molecular flexibility index (Phi) is 6.15. The second kappa shape index (κ2) is 8.89. The summed E-state index contributed by atoms with van der Waals surface area (Å²) < 4.78 is 5.57. The molecular formula is C26H30N2O5. The Morgan fingerprint density at radius 1 is 0.970 bits per heavy atom. The van der Waals surface area contributed by atoms with Crippen LogP contribution in [0.2, 0.25) is 0 Å². The molecule has 4 rings (SSSR count). The number of benzene rings is 2. The molecule has 0 aliphatic heterocycles. The zero-order valence-electron chi connectivity index (χ0n) is 19.1. The molecule has 0 spiro atoms. The van der Waals surface area contributed by atoms with Crippen LogP contribution in [0.1, 0.15) is 50.7 Å². The van der Waals surface area contributed by atoms with Crippen molar-refractivity contribution >= 4 is 18.0 Å². The lowest BCUT2D eigenvalue weighted by atomic mass is 9.86. The minimum atomic E-state index is -1.11. The van der Waals surface area contributed by atoms with Gasteiger partial charge >= 0.3 is 12.1 Å². The fourth-order valence-corrected chi connectivity index (χ4v) is 4.47. The molecule has 2 aromatic carbocycles. The number of carboxylic acids is 1. The van der Waals surface area contributed by atoms with Crippen molar-refractivity contribution in [2.24, 2.45) is 11.3 Å². The van der Waals surface area contributed by atoms with Crippen LogP contribution in [0, 0.1) is 11.3 Å². The number of ether oxygens (including phenoxy) is 1. The maximum atomic E-state index is 12.9. The quantitative estimate of drug-likeness (QED) is 0.593. The molecule has 2 aliphatic rings. The van der Waals surface area contributed by atoms with Crippen molar-refractivity contribution in [2.45, 2.75) is 51.6 Å². The minimum Gasteiger partial charge on any atom is -0.480 e. The van der Waals surface area contributed by atoms with Crippen molar-refractivity contribution in [3.8, 4) is 11.1 Å². The molecule has 2 amide bonds. The zero-order chi connectivity index (χ0) is 23.8. The van der Waals surface area contributed by atoms with Crippen LogP contribution in [0.5, 0.6) is 0 Å². The third-order valence-electron chi connectivity index (χ3n) is 6.39. The van der Waals surface area contributed by atoms with Gasteiger partial charge in [0, 0.05) is 5.92 Å². The molecule has 33 heavy (non-hydrogen) atoms. The molecule has 1 unspecified atom stereocenters. The smallest absolute Gasteiger partial charge is 0.407 e. The second-order valence-electron chi connectivity index (χ2n) is 9.93. The number of fused-ring (bicyclic) bond motifs is 3. The van der Waals surface area contributed by atoms with Crippen molar-refractivity contribution in [1.82, 2.24) is 10.6 Å². The van der Waals surface area contributed by atoms with E-state index in [0.29, 0.717) is 0 Å². The zero-order valence-corrected chi connectivity index (χ0v) is 19.1. The van der Waals surface area contributed by atoms with Gasteiger partial charge in [-0.05, 0) is 46.4 Å². The van der Waals surface area contributed by atoms with Crippen LogP contribution in [0.4, 0.5) is 4.79 Å². The number of hydrogen-bond donors (Lipinski definition) is 3. The van der Waals surface area contributed by atoms with Gasteiger partial charge in [-0.25, -0.2) is 9.59 Å². The second-order valence-corrected chi connectivity index (χ2v) is 9.93. The summed E-state index contributed by atoms with van der Waals surface area (Å²) in [6.07, 6.45) is 0.927. The van der Waals surface area contributed by atoms with E-state index in [9.17, 15) is 19.5 Å². The van der Waals surface area contributed by atoms with Gasteiger partial charge in [0.1, 0.15) is 18.7 Å². The average Bonchev–Trinajstić information content (AvgIpc) is 3.56. The molecule has 0 bridgehead atoms. The Morgan fingerprint density at radius 2 is 1.52 bits per heavy atom. The Labute approximate surface area is 193 Å². The minimum absolute atomic E-state index is 0.0140. The predicted octanol–water partition coefficient (Wildman–Crippen LogP) is 3.92. The Morgan fingerprint density at radius 3 is 2.00 bits per heavy atom. The summed E-state index contributed by atoms with van der Waals surface area (Å²) in [6, 6.07) is 14.3. The first-order valence-corrected chi connectivity index (χ1v) is 11.3. The van der Waals surface area contributed by atoms with E-state index in [1.165, 1.54) is 0 Å². The molecule has 1 fully saturated rings. The highest BCUT2D eigenvalue weighted by atomic mass is 16.5. The maximum absolute atomic E-state index is 12.9. The summed E-state index contributed by atoms with van der Waals surface area (Å²) in [4.78, 5) is 37.2. The largest absolute Gasteiger partial charge is 0.480 e. The lowest BCUT2D eigenvalue weighted by Crippen LogP contribution is -2.56. The molecule has 7 heteroatoms. The van der Waals surface area contributed by atoms with Gasteiger partial charge in [-0.1, -0.05) is 69.3 Å². The predicted molar refractivity (Wildman–Crippen MR) is 124 cm³/mol. The van der Waals surface area contributed by atoms with E-state index in [0.717, 1.165) is 35.1 Å². The molecule has 0 aromatic heterocycles. The Balaban J connectivity index is 1.42. The number of amides is 2. The summed E-state index contributed by atoms with van der Waals surface area (Å²) >= 11 is 0. The normalized spacial score (nSPS) is 16.8. The third kappa shape index (κ3) is 4.87. The number of hydrogen-bond acceptors (Lipinski definition) is 4. The van der Waals surface area contributed by atoms with Crippen LogP contribution >= 0.6 is 0 Å². The van der Waals surface area contributed by atoms with Crippen LogP contribution in [0.15, 0.2) is 48.5 Å². The van der Waals surface area contributed by atoms with Crippen LogP contribution in [-0.4, -0.2) is 41.8 Å². The van der Waals surface area contributed by atoms with Crippen molar-refractivity contribution < 1.29 is 24.2 Å². The fraction of sp³-hybridized carbons (Fsp3) is 0.423. The van der Waals surface area contributed by atoms with Crippen LogP contribution in [0.25, 0.3) is 11.1 Å². The van der Waals surface area contributed by atoms with Gasteiger partial charge in [0.2, 0.25) is 5.91 Å². The summed E-state index contributed by atoms with van der Waals surface area (Å²) in [5, 5.41) is 14.8. The fourth-order valence-electron chi connectivity index (χ4n) is 4.47. The number of aliphatic carboxylic acids is 1. The molecule has 2 aromatic rings. The number of rotatable bonds is 7. The Bertz CT molecular complexity index is 1020. The first-order valence-electron chi connectivity index (χ1n) is 11.3. The monoisotopic (exact) mass is 450 g/mol. The molecule has 0 saturated heterocycles. The van der Waals surface area contributed by atoms with Gasteiger partial charge in [0.25, 0.3) is 0 Å². The van der Waals surface area contributed by atoms with Gasteiger partial charge in [-0.15, -0.1) is 0 Å². The number of alkyl carbamates (subject to hydrolysis) is 1. The SMILES string of the molecule is CC(C)(C)[C@H](NC(=O)C(NC(=O)OCC1c2ccccc2-c2ccccc21)C1CC1)C(=O)O. The summed E-state index contributed by atoms with van der Waals surface area (Å²) in [5.41, 5.74) is 3.83. The highest BCUT2D eigenvalue weighted by Crippen LogP contribution is 2.44. The Hall–Kier alpha value is -3.35. The number of carbonyl (C=O) groups is 3. The number of nitrogens with one attached hydrogen (secondary N) is 2. The van der Waals surface area contributed by atoms with Crippen LogP contribution in [-0.2, 0) is 14.3 Å². The topological polar surface area (TPSA) is 105 Å². The standard InChI is InChI=1S/C26H30N2O5/c1-26(2,3)22(24(30)31)28-23(29)21(15-12-13-15)27-25(32)33-14-20-18-10-6-4-8-16(18)17-9-5-7-11-19(17)20/h4-11,15,20-22H,12-14H2,1-3H3,(H,27,32)(H,28,29)(H,30,31)/t21?,22-/m1/s1. The summed E-state index contributed by atoms with van der Waals surface area (Å²) in [5.74, 6) is -1.69. The molecule has 2 atom stereocenters. The number of carboxylic acid groups (broad SMARTS) is 1. The van der Waals surface area contributed by atoms with Gasteiger partial charge in [-0.3, -0.25) is 4.79 Å². The molecule has 2 aliphatic carbocycles. The molecular weight excluding hydrogens is 420 g/mol. The highest BCUT2D eigenvalue weighted by molar-refractivity contribution is 5.90. The lowest BCUT2D eigenvalue weighted by molar-refractivity contribution is -0.145. The van der Waals surface area contributed by atoms with Crippen molar-refractivity contribution in [3.63, 3.8) is 0 Å². The summed E-state index contributed by atoms with van der Waals surface area (Å²) in [6.45, 7) is 5.39. The van der Waals surface area contributed by atoms with Gasteiger partial charge in [0.15, 0.2) is 0 Å². The first kappa shape index (κ1) is 22.8. The van der Waals surface area contributed by atoms with Crippen molar-refractivity contribution in [1.29, 1.82) is 0 Å². The first-order chi connectivity index (χ1) is 15.7. The van der Waals surface area contributed by atoms with E-state index in [-0.39, 0.29) is 18.4 Å². The van der Waals surface area contributed by atoms with E-state index < -0.39 is 35.5 Å². The average molecular weight is 451 g/mol. The molecule has 3 N–H and O–H groups in total. The molecule has 0 radical (unpaired) electrons. The van der Waals surface area contributed by atoms with E-state index in [4.69, 9.17) is 4.74 Å². The van der Waals surface area contributed by atoms with Gasteiger partial charge in [-0.2, -0.15) is 0 Å². The van der Waals surface area contributed by atoms with Crippen molar-refractivity contribution in [2.75, 3.05) is 6.61 Å². The molecule has 174 valence electrons. The molecule has 7 nitrogen and oxygen atoms in total. The van der Waals surface area contributed by atoms with E-state index in [2.05, 4.69) is 22.8 Å². The van der Waals surface area contributed by atoms with Crippen molar-refractivity contribution in [3.05, 3.63) is 59.7 Å². The lowest BCUT2D eigenvalue weighted by Gasteiger charge is -2.29. The van der Waals surface area contributed by atoms with E-state index >= 15 is 0 Å². The molecule has 0 heterocycles. The molecule has 1 saturated carbocycles. The maximum Gasteiger partial charge on any atom is 0.407 e. The van der Waals surface area contributed by atoms with Crippen LogP contribution in [0.3, 0.4) is 0 Å². The van der Waals surface area contributed by atoms with E-state index in [1.54, 1.807) is 20.8 Å². The number of carbonyl (C=O) groups excluding carboxylic acids is 2. The summed E-state index contributed by atoms with van der Waals surface area (Å²) in [7, 11) is 0. The van der Waals surface area contributed by atoms with Crippen LogP contribution < -0.4 is 10.6 Å². The highest BCUT2D eigenvalue weighted by Gasteiger charge is 2.41. The van der Waals surface area contributed by atoms with Gasteiger partial charge < -0.3 is 20.5 Å². The third-order valence-corrected chi connectivity index (χ3v) is 6.39.